The van der Waals surface area contributed by atoms with Crippen molar-refractivity contribution in [3.8, 4) is 22.6 Å². The summed E-state index contributed by atoms with van der Waals surface area (Å²) in [6, 6.07) is 11.8. The monoisotopic (exact) mass is 494 g/mol. The van der Waals surface area contributed by atoms with Crippen molar-refractivity contribution in [3.63, 3.8) is 0 Å². The van der Waals surface area contributed by atoms with Gasteiger partial charge in [-0.2, -0.15) is 31.3 Å². The van der Waals surface area contributed by atoms with Crippen molar-refractivity contribution in [1.29, 1.82) is 0 Å². The molecule has 0 aliphatic heterocycles. The molecule has 0 radical (unpaired) electrons. The Hall–Kier alpha value is -4.09. The fourth-order valence-corrected chi connectivity index (χ4v) is 3.38. The summed E-state index contributed by atoms with van der Waals surface area (Å²) in [5, 5.41) is 2.32. The first-order valence-corrected chi connectivity index (χ1v) is 10.0. The van der Waals surface area contributed by atoms with Gasteiger partial charge in [-0.1, -0.05) is 12.1 Å². The van der Waals surface area contributed by atoms with E-state index in [0.717, 1.165) is 28.8 Å². The number of nitrogens with zero attached hydrogens (tertiary/aromatic N) is 3. The van der Waals surface area contributed by atoms with Crippen LogP contribution in [0.1, 0.15) is 5.56 Å². The topological polar surface area (TPSA) is 69.0 Å². The maximum absolute atomic E-state index is 13.5. The molecule has 0 fully saturated rings. The number of fused-ring (bicyclic) bond motifs is 1. The quantitative estimate of drug-likeness (QED) is 0.374. The van der Waals surface area contributed by atoms with Crippen molar-refractivity contribution in [3.05, 3.63) is 76.7 Å². The number of pyridine rings is 1. The molecule has 0 aliphatic carbocycles. The van der Waals surface area contributed by atoms with Crippen LogP contribution in [0.4, 0.5) is 32.3 Å². The van der Waals surface area contributed by atoms with E-state index in [1.807, 2.05) is 5.32 Å². The minimum atomic E-state index is -4.59. The highest BCUT2D eigenvalue weighted by Gasteiger charge is 2.30. The van der Waals surface area contributed by atoms with Crippen LogP contribution in [0, 0.1) is 0 Å². The standard InChI is InChI=1S/C23H16F6N4O2/c1-35-17-8-2-13(3-9-17)18-10-14-11-30-21(31-12-22(24,25)26)32-19(14)33(20(18)34)16-6-4-15(5-7-16)23(27,28)29/h2-11H,12H2,1H3,(H,30,31,32). The van der Waals surface area contributed by atoms with Crippen molar-refractivity contribution in [2.75, 3.05) is 19.0 Å². The lowest BCUT2D eigenvalue weighted by Crippen LogP contribution is -2.24. The SMILES string of the molecule is COc1ccc(-c2cc3cnc(NCC(F)(F)F)nc3n(-c3ccc(C(F)(F)F)cc3)c2=O)cc1. The Bertz CT molecular complexity index is 1410. The van der Waals surface area contributed by atoms with Gasteiger partial charge in [0, 0.05) is 17.1 Å². The lowest BCUT2D eigenvalue weighted by Gasteiger charge is -2.15. The van der Waals surface area contributed by atoms with Crippen molar-refractivity contribution in [2.24, 2.45) is 0 Å². The van der Waals surface area contributed by atoms with Gasteiger partial charge in [-0.3, -0.25) is 9.36 Å². The number of anilines is 1. The Kier molecular flexibility index (Phi) is 6.14. The average molecular weight is 494 g/mol. The molecule has 4 aromatic rings. The molecule has 6 nitrogen and oxygen atoms in total. The second-order valence-corrected chi connectivity index (χ2v) is 7.41. The van der Waals surface area contributed by atoms with Crippen molar-refractivity contribution in [1.82, 2.24) is 14.5 Å². The largest absolute Gasteiger partial charge is 0.497 e. The molecule has 0 saturated heterocycles. The van der Waals surface area contributed by atoms with Gasteiger partial charge in [0.1, 0.15) is 12.3 Å². The van der Waals surface area contributed by atoms with Crippen molar-refractivity contribution < 1.29 is 31.1 Å². The first kappa shape index (κ1) is 24.0. The van der Waals surface area contributed by atoms with Gasteiger partial charge < -0.3 is 10.1 Å². The summed E-state index contributed by atoms with van der Waals surface area (Å²) in [6.07, 6.45) is -7.90. The Balaban J connectivity index is 1.92. The molecule has 4 rings (SSSR count). The highest BCUT2D eigenvalue weighted by atomic mass is 19.4. The number of rotatable bonds is 5. The molecule has 0 bridgehead atoms. The molecule has 0 saturated carbocycles. The van der Waals surface area contributed by atoms with Crippen LogP contribution >= 0.6 is 0 Å². The fraction of sp³-hybridized carbons (Fsp3) is 0.174. The molecule has 12 heteroatoms. The molecule has 35 heavy (non-hydrogen) atoms. The van der Waals surface area contributed by atoms with E-state index in [9.17, 15) is 31.1 Å². The zero-order valence-corrected chi connectivity index (χ0v) is 17.9. The smallest absolute Gasteiger partial charge is 0.416 e. The van der Waals surface area contributed by atoms with Crippen LogP contribution in [0.25, 0.3) is 27.8 Å². The van der Waals surface area contributed by atoms with E-state index in [-0.39, 0.29) is 22.3 Å². The number of hydrogen-bond donors (Lipinski definition) is 1. The van der Waals surface area contributed by atoms with Crippen molar-refractivity contribution in [2.45, 2.75) is 12.4 Å². The molecule has 182 valence electrons. The van der Waals surface area contributed by atoms with Crippen LogP contribution in [-0.4, -0.2) is 34.4 Å². The third-order valence-corrected chi connectivity index (χ3v) is 5.04. The fourth-order valence-electron chi connectivity index (χ4n) is 3.38. The Morgan fingerprint density at radius 3 is 2.20 bits per heavy atom. The highest BCUT2D eigenvalue weighted by Crippen LogP contribution is 2.30. The number of alkyl halides is 6. The van der Waals surface area contributed by atoms with E-state index in [0.29, 0.717) is 11.3 Å². The zero-order chi connectivity index (χ0) is 25.4. The molecule has 0 aliphatic rings. The van der Waals surface area contributed by atoms with E-state index in [1.54, 1.807) is 24.3 Å². The Labute approximate surface area is 193 Å². The third kappa shape index (κ3) is 5.20. The predicted molar refractivity (Wildman–Crippen MR) is 117 cm³/mol. The molecule has 2 aromatic carbocycles. The molecule has 1 N–H and O–H groups in total. The molecule has 0 spiro atoms. The van der Waals surface area contributed by atoms with Gasteiger partial charge >= 0.3 is 12.4 Å². The first-order valence-electron chi connectivity index (χ1n) is 10.0. The Morgan fingerprint density at radius 2 is 1.63 bits per heavy atom. The van der Waals surface area contributed by atoms with Gasteiger partial charge in [0.05, 0.1) is 18.4 Å². The molecule has 0 amide bonds. The summed E-state index contributed by atoms with van der Waals surface area (Å²) in [5.41, 5.74) is -0.928. The van der Waals surface area contributed by atoms with Gasteiger partial charge in [-0.15, -0.1) is 0 Å². The zero-order valence-electron chi connectivity index (χ0n) is 17.9. The molecule has 2 aromatic heterocycles. The van der Waals surface area contributed by atoms with Crippen LogP contribution in [0.3, 0.4) is 0 Å². The first-order chi connectivity index (χ1) is 16.5. The van der Waals surface area contributed by atoms with E-state index in [4.69, 9.17) is 4.74 Å². The molecular weight excluding hydrogens is 478 g/mol. The Morgan fingerprint density at radius 1 is 0.971 bits per heavy atom. The maximum Gasteiger partial charge on any atom is 0.416 e. The minimum absolute atomic E-state index is 0.0452. The minimum Gasteiger partial charge on any atom is -0.497 e. The summed E-state index contributed by atoms with van der Waals surface area (Å²) in [4.78, 5) is 21.4. The third-order valence-electron chi connectivity index (χ3n) is 5.04. The molecule has 2 heterocycles. The van der Waals surface area contributed by atoms with E-state index in [2.05, 4.69) is 9.97 Å². The van der Waals surface area contributed by atoms with Crippen LogP contribution in [-0.2, 0) is 6.18 Å². The van der Waals surface area contributed by atoms with Crippen LogP contribution < -0.4 is 15.6 Å². The molecule has 0 unspecified atom stereocenters. The number of methoxy groups -OCH3 is 1. The number of nitrogens with one attached hydrogen (secondary N) is 1. The van der Waals surface area contributed by atoms with E-state index < -0.39 is 36.0 Å². The lowest BCUT2D eigenvalue weighted by molar-refractivity contribution is -0.137. The summed E-state index contributed by atoms with van der Waals surface area (Å²) in [7, 11) is 1.48. The van der Waals surface area contributed by atoms with Crippen LogP contribution in [0.15, 0.2) is 65.6 Å². The van der Waals surface area contributed by atoms with Crippen molar-refractivity contribution >= 4 is 17.0 Å². The number of hydrogen-bond acceptors (Lipinski definition) is 5. The summed E-state index contributed by atoms with van der Waals surface area (Å²) in [5.74, 6) is 0.147. The number of aromatic nitrogens is 3. The predicted octanol–water partition coefficient (Wildman–Crippen LogP) is 5.45. The van der Waals surface area contributed by atoms with Gasteiger partial charge in [-0.05, 0) is 48.0 Å². The summed E-state index contributed by atoms with van der Waals surface area (Å²) in [6.45, 7) is -1.41. The molecular formula is C23H16F6N4O2. The number of benzene rings is 2. The van der Waals surface area contributed by atoms with Gasteiger partial charge in [-0.25, -0.2) is 4.98 Å². The normalized spacial score (nSPS) is 12.1. The van der Waals surface area contributed by atoms with E-state index >= 15 is 0 Å². The number of halogens is 6. The summed E-state index contributed by atoms with van der Waals surface area (Å²) < 4.78 is 83.1. The van der Waals surface area contributed by atoms with E-state index in [1.165, 1.54) is 19.4 Å². The second-order valence-electron chi connectivity index (χ2n) is 7.41. The van der Waals surface area contributed by atoms with Crippen LogP contribution in [0.5, 0.6) is 5.75 Å². The number of ether oxygens (including phenoxy) is 1. The lowest BCUT2D eigenvalue weighted by atomic mass is 10.1. The van der Waals surface area contributed by atoms with Gasteiger partial charge in [0.25, 0.3) is 5.56 Å². The average Bonchev–Trinajstić information content (AvgIpc) is 2.81. The molecule has 0 atom stereocenters. The summed E-state index contributed by atoms with van der Waals surface area (Å²) >= 11 is 0. The second kappa shape index (κ2) is 8.93. The van der Waals surface area contributed by atoms with Gasteiger partial charge in [0.2, 0.25) is 5.95 Å². The van der Waals surface area contributed by atoms with Crippen LogP contribution in [0.2, 0.25) is 0 Å². The highest BCUT2D eigenvalue weighted by molar-refractivity contribution is 5.83. The maximum atomic E-state index is 13.5. The van der Waals surface area contributed by atoms with Gasteiger partial charge in [0.15, 0.2) is 5.65 Å².